The molecule has 0 aliphatic carbocycles. The maximum absolute atomic E-state index is 13.0. The molecule has 0 aromatic rings. The van der Waals surface area contributed by atoms with Gasteiger partial charge in [-0.15, -0.1) is 0 Å². The lowest BCUT2D eigenvalue weighted by atomic mass is 10.0. The molecule has 0 saturated heterocycles. The van der Waals surface area contributed by atoms with Crippen molar-refractivity contribution < 1.29 is 80.2 Å². The number of phosphoric acid groups is 2. The van der Waals surface area contributed by atoms with Crippen molar-refractivity contribution in [1.82, 2.24) is 0 Å². The molecule has 2 unspecified atom stereocenters. The van der Waals surface area contributed by atoms with Crippen LogP contribution in [-0.2, 0) is 65.4 Å². The standard InChI is InChI=1S/C70H128O17P2/c1-6-9-12-15-17-19-21-23-25-27-31-35-39-44-49-54-68(73)81-60-66(87-70(75)55-50-45-40-36-32-28-26-24-22-20-18-16-13-10-7-2)62-85-89(78,79)83-58-64(71)57-82-88(76,77)84-61-65(59-80-67(72)53-48-42-14-11-8-3)86-69(74)56-51-46-41-37-33-29-30-34-38-43-47-52-63(4)5/h19-26,63-66,71H,6-18,27-62H2,1-5H3,(H,76,77)(H,78,79)/b21-19-,22-20-,25-23-,26-24-/t64-,65+,66+/m0/s1. The van der Waals surface area contributed by atoms with Crippen molar-refractivity contribution in [2.24, 2.45) is 5.92 Å². The Labute approximate surface area is 540 Å². The Morgan fingerprint density at radius 1 is 0.348 bits per heavy atom. The number of ether oxygens (including phenoxy) is 4. The van der Waals surface area contributed by atoms with E-state index in [1.54, 1.807) is 0 Å². The minimum Gasteiger partial charge on any atom is -0.462 e. The topological polar surface area (TPSA) is 237 Å². The van der Waals surface area contributed by atoms with E-state index in [2.05, 4.69) is 83.2 Å². The number of hydrogen-bond acceptors (Lipinski definition) is 15. The van der Waals surface area contributed by atoms with Crippen LogP contribution in [0.2, 0.25) is 0 Å². The second kappa shape index (κ2) is 62.5. The Kier molecular flexibility index (Phi) is 60.4. The van der Waals surface area contributed by atoms with Gasteiger partial charge in [0, 0.05) is 25.7 Å². The van der Waals surface area contributed by atoms with E-state index in [9.17, 15) is 43.2 Å². The van der Waals surface area contributed by atoms with Crippen LogP contribution in [-0.4, -0.2) is 96.7 Å². The third-order valence-corrected chi connectivity index (χ3v) is 16.9. The summed E-state index contributed by atoms with van der Waals surface area (Å²) in [7, 11) is -9.91. The maximum atomic E-state index is 13.0. The Hall–Kier alpha value is -2.98. The van der Waals surface area contributed by atoms with Crippen LogP contribution in [0, 0.1) is 5.92 Å². The molecule has 0 heterocycles. The number of hydrogen-bond donors (Lipinski definition) is 3. The van der Waals surface area contributed by atoms with Crippen molar-refractivity contribution in [2.45, 2.75) is 329 Å². The largest absolute Gasteiger partial charge is 0.472 e. The Morgan fingerprint density at radius 3 is 0.921 bits per heavy atom. The van der Waals surface area contributed by atoms with Gasteiger partial charge in [0.05, 0.1) is 26.4 Å². The molecule has 0 fully saturated rings. The fourth-order valence-corrected chi connectivity index (χ4v) is 11.1. The lowest BCUT2D eigenvalue weighted by Gasteiger charge is -2.21. The summed E-state index contributed by atoms with van der Waals surface area (Å²) in [5, 5.41) is 10.5. The van der Waals surface area contributed by atoms with Gasteiger partial charge >= 0.3 is 39.5 Å². The zero-order chi connectivity index (χ0) is 65.6. The number of unbranched alkanes of at least 4 members (excludes halogenated alkanes) is 32. The lowest BCUT2D eigenvalue weighted by molar-refractivity contribution is -0.161. The van der Waals surface area contributed by atoms with Crippen LogP contribution >= 0.6 is 15.6 Å². The summed E-state index contributed by atoms with van der Waals surface area (Å²) in [6.45, 7) is 7.02. The summed E-state index contributed by atoms with van der Waals surface area (Å²) < 4.78 is 68.0. The number of carbonyl (C=O) groups is 4. The van der Waals surface area contributed by atoms with Crippen molar-refractivity contribution in [3.63, 3.8) is 0 Å². The van der Waals surface area contributed by atoms with Gasteiger partial charge < -0.3 is 33.8 Å². The molecule has 3 N–H and O–H groups in total. The van der Waals surface area contributed by atoms with E-state index in [1.807, 2.05) is 0 Å². The van der Waals surface area contributed by atoms with E-state index in [-0.39, 0.29) is 25.7 Å². The second-order valence-electron chi connectivity index (χ2n) is 24.4. The fourth-order valence-electron chi connectivity index (χ4n) is 9.56. The predicted octanol–water partition coefficient (Wildman–Crippen LogP) is 19.2. The first-order valence-corrected chi connectivity index (χ1v) is 38.3. The first kappa shape index (κ1) is 86.0. The Morgan fingerprint density at radius 2 is 0.607 bits per heavy atom. The Balaban J connectivity index is 5.24. The van der Waals surface area contributed by atoms with E-state index in [4.69, 9.17) is 37.0 Å². The van der Waals surface area contributed by atoms with Gasteiger partial charge in [0.2, 0.25) is 0 Å². The average Bonchev–Trinajstić information content (AvgIpc) is 3.57. The van der Waals surface area contributed by atoms with Crippen LogP contribution in [0.25, 0.3) is 0 Å². The van der Waals surface area contributed by atoms with Gasteiger partial charge in [0.15, 0.2) is 12.2 Å². The highest BCUT2D eigenvalue weighted by molar-refractivity contribution is 7.47. The van der Waals surface area contributed by atoms with Crippen molar-refractivity contribution in [1.29, 1.82) is 0 Å². The van der Waals surface area contributed by atoms with E-state index < -0.39 is 97.5 Å². The summed E-state index contributed by atoms with van der Waals surface area (Å²) in [6.07, 6.45) is 54.7. The van der Waals surface area contributed by atoms with E-state index in [1.165, 1.54) is 96.3 Å². The third kappa shape index (κ3) is 63.6. The number of carbonyl (C=O) groups excluding carboxylic acids is 4. The van der Waals surface area contributed by atoms with Crippen molar-refractivity contribution in [3.05, 3.63) is 48.6 Å². The molecule has 520 valence electrons. The van der Waals surface area contributed by atoms with Crippen LogP contribution in [0.1, 0.15) is 311 Å². The molecule has 0 aliphatic heterocycles. The van der Waals surface area contributed by atoms with Gasteiger partial charge in [0.1, 0.15) is 19.3 Å². The highest BCUT2D eigenvalue weighted by atomic mass is 31.2. The van der Waals surface area contributed by atoms with Gasteiger partial charge in [-0.1, -0.05) is 257 Å². The monoisotopic (exact) mass is 1300 g/mol. The number of aliphatic hydroxyl groups excluding tert-OH is 1. The summed E-state index contributed by atoms with van der Waals surface area (Å²) in [6, 6.07) is 0. The van der Waals surface area contributed by atoms with Crippen LogP contribution in [0.15, 0.2) is 48.6 Å². The maximum Gasteiger partial charge on any atom is 0.472 e. The molecular weight excluding hydrogens is 1170 g/mol. The van der Waals surface area contributed by atoms with Crippen LogP contribution in [0.5, 0.6) is 0 Å². The zero-order valence-corrected chi connectivity index (χ0v) is 58.3. The first-order valence-electron chi connectivity index (χ1n) is 35.3. The average molecular weight is 1300 g/mol. The fraction of sp³-hybridized carbons (Fsp3) is 0.829. The first-order chi connectivity index (χ1) is 43.0. The Bertz CT molecular complexity index is 1910. The van der Waals surface area contributed by atoms with Crippen LogP contribution in [0.4, 0.5) is 0 Å². The van der Waals surface area contributed by atoms with Crippen LogP contribution in [0.3, 0.4) is 0 Å². The van der Waals surface area contributed by atoms with Gasteiger partial charge in [-0.3, -0.25) is 37.3 Å². The minimum atomic E-state index is -4.96. The molecular formula is C70H128O17P2. The van der Waals surface area contributed by atoms with Gasteiger partial charge in [-0.2, -0.15) is 0 Å². The SMILES string of the molecule is CCCCCC/C=C\C=C/CCCCCCCC(=O)OC[C@H](COP(=O)(O)OC[C@@H](O)COP(=O)(O)OC[C@@H](COC(=O)CCCCCCC)OC(=O)CCCCCCCCCCCCCC(C)C)OC(=O)CCCCCCC/C=C\C=C/CCCCCC. The number of phosphoric ester groups is 2. The van der Waals surface area contributed by atoms with Crippen molar-refractivity contribution >= 4 is 39.5 Å². The number of rotatable bonds is 66. The molecule has 0 spiro atoms. The number of allylic oxidation sites excluding steroid dienone is 8. The molecule has 0 bridgehead atoms. The van der Waals surface area contributed by atoms with E-state index >= 15 is 0 Å². The van der Waals surface area contributed by atoms with Crippen molar-refractivity contribution in [3.8, 4) is 0 Å². The summed E-state index contributed by atoms with van der Waals surface area (Å²) in [4.78, 5) is 72.2. The zero-order valence-electron chi connectivity index (χ0n) is 56.5. The van der Waals surface area contributed by atoms with E-state index in [0.717, 1.165) is 134 Å². The third-order valence-electron chi connectivity index (χ3n) is 15.0. The number of esters is 4. The molecule has 19 heteroatoms. The molecule has 89 heavy (non-hydrogen) atoms. The summed E-state index contributed by atoms with van der Waals surface area (Å²) in [5.74, 6) is -1.43. The van der Waals surface area contributed by atoms with Gasteiger partial charge in [0.25, 0.3) is 0 Å². The minimum absolute atomic E-state index is 0.0780. The lowest BCUT2D eigenvalue weighted by Crippen LogP contribution is -2.30. The summed E-state index contributed by atoms with van der Waals surface area (Å²) in [5.41, 5.74) is 0. The molecule has 0 aromatic heterocycles. The normalized spacial score (nSPS) is 14.4. The van der Waals surface area contributed by atoms with Gasteiger partial charge in [-0.25, -0.2) is 9.13 Å². The summed E-state index contributed by atoms with van der Waals surface area (Å²) >= 11 is 0. The van der Waals surface area contributed by atoms with E-state index in [0.29, 0.717) is 25.7 Å². The van der Waals surface area contributed by atoms with Crippen LogP contribution < -0.4 is 0 Å². The second-order valence-corrected chi connectivity index (χ2v) is 27.3. The molecule has 0 saturated carbocycles. The number of aliphatic hydroxyl groups is 1. The van der Waals surface area contributed by atoms with Crippen molar-refractivity contribution in [2.75, 3.05) is 39.6 Å². The highest BCUT2D eigenvalue weighted by Gasteiger charge is 2.30. The molecule has 0 amide bonds. The molecule has 5 atom stereocenters. The molecule has 17 nitrogen and oxygen atoms in total. The highest BCUT2D eigenvalue weighted by Crippen LogP contribution is 2.45. The predicted molar refractivity (Wildman–Crippen MR) is 358 cm³/mol. The molecule has 0 rings (SSSR count). The smallest absolute Gasteiger partial charge is 0.462 e. The van der Waals surface area contributed by atoms with Gasteiger partial charge in [-0.05, 0) is 83.0 Å². The molecule has 0 aliphatic rings. The molecule has 0 aromatic carbocycles. The quantitative estimate of drug-likeness (QED) is 0.0169. The molecule has 0 radical (unpaired) electrons.